The average Bonchev–Trinajstić information content (AvgIpc) is 2.34. The second-order valence-electron chi connectivity index (χ2n) is 3.79. The fraction of sp³-hybridized carbons (Fsp3) is 1.00. The van der Waals surface area contributed by atoms with E-state index in [1.807, 2.05) is 0 Å². The van der Waals surface area contributed by atoms with E-state index in [0.717, 1.165) is 0 Å². The van der Waals surface area contributed by atoms with Crippen LogP contribution in [0.4, 0.5) is 0 Å². The summed E-state index contributed by atoms with van der Waals surface area (Å²) in [5.74, 6) is 0. The summed E-state index contributed by atoms with van der Waals surface area (Å²) in [5, 5.41) is 17.6. The van der Waals surface area contributed by atoms with Gasteiger partial charge in [-0.15, -0.1) is 0 Å². The van der Waals surface area contributed by atoms with Crippen LogP contribution in [-0.2, 0) is 27.7 Å². The highest BCUT2D eigenvalue weighted by Gasteiger charge is 2.17. The minimum Gasteiger partial charge on any atom is -0.388 e. The monoisotopic (exact) mass is 374 g/mol. The maximum absolute atomic E-state index is 10.1. The maximum Gasteiger partial charge on any atom is 0.469 e. The lowest BCUT2D eigenvalue weighted by Gasteiger charge is -2.09. The van der Waals surface area contributed by atoms with Crippen molar-refractivity contribution >= 4 is 15.6 Å². The SMILES string of the molecule is COCC(O)COP(=O)(O)O.COCC(O)COP(=O)(O)O.[HH]. The van der Waals surface area contributed by atoms with E-state index >= 15 is 0 Å². The topological polar surface area (TPSA) is 192 Å². The second-order valence-corrected chi connectivity index (χ2v) is 6.27. The molecule has 0 bridgehead atoms. The highest BCUT2D eigenvalue weighted by Crippen LogP contribution is 2.36. The number of phosphoric ester groups is 2. The smallest absolute Gasteiger partial charge is 0.388 e. The van der Waals surface area contributed by atoms with E-state index in [2.05, 4.69) is 18.5 Å². The zero-order chi connectivity index (χ0) is 17.8. The summed E-state index contributed by atoms with van der Waals surface area (Å²) in [6, 6.07) is 0. The van der Waals surface area contributed by atoms with E-state index < -0.39 is 41.1 Å². The van der Waals surface area contributed by atoms with Gasteiger partial charge in [0.15, 0.2) is 0 Å². The minimum absolute atomic E-state index is 0. The molecule has 6 N–H and O–H groups in total. The number of rotatable bonds is 10. The Morgan fingerprint density at radius 3 is 1.23 bits per heavy atom. The molecule has 0 aromatic rings. The van der Waals surface area contributed by atoms with Crippen molar-refractivity contribution in [3.05, 3.63) is 0 Å². The van der Waals surface area contributed by atoms with Gasteiger partial charge in [0, 0.05) is 15.6 Å². The van der Waals surface area contributed by atoms with Crippen molar-refractivity contribution in [2.75, 3.05) is 40.6 Å². The second kappa shape index (κ2) is 12.5. The highest BCUT2D eigenvalue weighted by atomic mass is 31.2. The van der Waals surface area contributed by atoms with Gasteiger partial charge in [0.2, 0.25) is 0 Å². The molecule has 0 spiro atoms. The third-order valence-electron chi connectivity index (χ3n) is 1.59. The molecule has 0 heterocycles. The van der Waals surface area contributed by atoms with Gasteiger partial charge in [-0.3, -0.25) is 9.05 Å². The van der Waals surface area contributed by atoms with Gasteiger partial charge in [0.1, 0.15) is 12.2 Å². The van der Waals surface area contributed by atoms with Crippen LogP contribution in [0, 0.1) is 0 Å². The van der Waals surface area contributed by atoms with E-state index in [1.165, 1.54) is 14.2 Å². The lowest BCUT2D eigenvalue weighted by Crippen LogP contribution is -2.19. The summed E-state index contributed by atoms with van der Waals surface area (Å²) in [6.07, 6.45) is -2.01. The van der Waals surface area contributed by atoms with Crippen molar-refractivity contribution in [1.82, 2.24) is 0 Å². The lowest BCUT2D eigenvalue weighted by molar-refractivity contribution is 0.0238. The molecule has 0 fully saturated rings. The number of hydrogen-bond acceptors (Lipinski definition) is 8. The molecule has 0 aliphatic heterocycles. The third-order valence-corrected chi connectivity index (χ3v) is 2.56. The van der Waals surface area contributed by atoms with Crippen molar-refractivity contribution in [3.8, 4) is 0 Å². The number of phosphoric acid groups is 2. The molecule has 0 aromatic carbocycles. The minimum atomic E-state index is -4.46. The number of hydrogen-bond donors (Lipinski definition) is 6. The molecule has 2 atom stereocenters. The number of aliphatic hydroxyl groups is 2. The van der Waals surface area contributed by atoms with Crippen LogP contribution in [0.25, 0.3) is 0 Å². The van der Waals surface area contributed by atoms with Crippen LogP contribution in [0.3, 0.4) is 0 Å². The molecule has 0 saturated heterocycles. The van der Waals surface area contributed by atoms with E-state index in [1.54, 1.807) is 0 Å². The number of aliphatic hydroxyl groups excluding tert-OH is 2. The van der Waals surface area contributed by atoms with E-state index in [4.69, 9.17) is 29.8 Å². The Kier molecular flexibility index (Phi) is 13.8. The Hall–Kier alpha value is 0.0600. The van der Waals surface area contributed by atoms with Gasteiger partial charge in [-0.05, 0) is 0 Å². The van der Waals surface area contributed by atoms with Crippen LogP contribution in [0.5, 0.6) is 0 Å². The first kappa shape index (κ1) is 24.3. The first-order valence-electron chi connectivity index (χ1n) is 5.65. The first-order chi connectivity index (χ1) is 9.91. The Morgan fingerprint density at radius 2 is 1.05 bits per heavy atom. The Bertz CT molecular complexity index is 323. The van der Waals surface area contributed by atoms with Crippen LogP contribution >= 0.6 is 15.6 Å². The Balaban J connectivity index is -0.000000333. The predicted molar refractivity (Wildman–Crippen MR) is 73.9 cm³/mol. The van der Waals surface area contributed by atoms with Gasteiger partial charge < -0.3 is 39.3 Å². The average molecular weight is 374 g/mol. The van der Waals surface area contributed by atoms with Crippen LogP contribution in [0.1, 0.15) is 1.43 Å². The normalized spacial score (nSPS) is 14.9. The Labute approximate surface area is 128 Å². The third kappa shape index (κ3) is 22.3. The molecule has 0 aromatic heterocycles. The van der Waals surface area contributed by atoms with E-state index in [9.17, 15) is 9.13 Å². The molecule has 138 valence electrons. The summed E-state index contributed by atoms with van der Waals surface area (Å²) in [6.45, 7) is -0.893. The number of ether oxygens (including phenoxy) is 2. The quantitative estimate of drug-likeness (QED) is 0.242. The number of methoxy groups -OCH3 is 2. The largest absolute Gasteiger partial charge is 0.469 e. The molecule has 0 aliphatic rings. The van der Waals surface area contributed by atoms with Gasteiger partial charge >= 0.3 is 15.6 Å². The summed E-state index contributed by atoms with van der Waals surface area (Å²) >= 11 is 0. The van der Waals surface area contributed by atoms with Gasteiger partial charge in [0.05, 0.1) is 26.4 Å². The van der Waals surface area contributed by atoms with Crippen LogP contribution in [0.2, 0.25) is 0 Å². The van der Waals surface area contributed by atoms with Gasteiger partial charge in [-0.2, -0.15) is 0 Å². The van der Waals surface area contributed by atoms with Crippen LogP contribution in [0.15, 0.2) is 0 Å². The fourth-order valence-electron chi connectivity index (χ4n) is 0.847. The molecule has 0 amide bonds. The molecule has 0 radical (unpaired) electrons. The summed E-state index contributed by atoms with van der Waals surface area (Å²) < 4.78 is 37.1. The highest BCUT2D eigenvalue weighted by molar-refractivity contribution is 7.46. The summed E-state index contributed by atoms with van der Waals surface area (Å²) in [4.78, 5) is 32.7. The van der Waals surface area contributed by atoms with Crippen molar-refractivity contribution < 1.29 is 58.9 Å². The zero-order valence-electron chi connectivity index (χ0n) is 12.0. The molecule has 2 unspecified atom stereocenters. The molecule has 0 saturated carbocycles. The van der Waals surface area contributed by atoms with E-state index in [0.29, 0.717) is 0 Å². The standard InChI is InChI=1S/2C4H11O6P.H2/c2*1-9-2-4(5)3-10-11(6,7)8;/h2*4-5H,2-3H2,1H3,(H2,6,7,8);1H. The molecule has 0 aliphatic carbocycles. The van der Waals surface area contributed by atoms with Crippen LogP contribution < -0.4 is 0 Å². The maximum atomic E-state index is 10.1. The fourth-order valence-corrected chi connectivity index (χ4v) is 1.58. The molecular formula is C8H24O12P2. The summed E-state index contributed by atoms with van der Waals surface area (Å²) in [5.41, 5.74) is 0. The zero-order valence-corrected chi connectivity index (χ0v) is 13.8. The van der Waals surface area contributed by atoms with Crippen LogP contribution in [-0.4, -0.2) is 82.6 Å². The van der Waals surface area contributed by atoms with Crippen molar-refractivity contribution in [1.29, 1.82) is 0 Å². The summed E-state index contributed by atoms with van der Waals surface area (Å²) in [7, 11) is -6.19. The van der Waals surface area contributed by atoms with Crippen molar-refractivity contribution in [2.45, 2.75) is 12.2 Å². The molecule has 22 heavy (non-hydrogen) atoms. The Morgan fingerprint density at radius 1 is 0.773 bits per heavy atom. The molecular weight excluding hydrogens is 350 g/mol. The molecule has 12 nitrogen and oxygen atoms in total. The predicted octanol–water partition coefficient (Wildman–Crippen LogP) is -1.55. The lowest BCUT2D eigenvalue weighted by atomic mass is 10.4. The van der Waals surface area contributed by atoms with Gasteiger partial charge in [-0.25, -0.2) is 9.13 Å². The van der Waals surface area contributed by atoms with Gasteiger partial charge in [0.25, 0.3) is 0 Å². The van der Waals surface area contributed by atoms with Gasteiger partial charge in [-0.1, -0.05) is 0 Å². The van der Waals surface area contributed by atoms with Crippen molar-refractivity contribution in [3.63, 3.8) is 0 Å². The molecule has 0 rings (SSSR count). The molecule has 14 heteroatoms. The first-order valence-corrected chi connectivity index (χ1v) is 8.71. The van der Waals surface area contributed by atoms with E-state index in [-0.39, 0.29) is 14.6 Å². The van der Waals surface area contributed by atoms with Crippen molar-refractivity contribution in [2.24, 2.45) is 0 Å².